The normalized spacial score (nSPS) is 14.0. The maximum atomic E-state index is 6.71. The van der Waals surface area contributed by atoms with Crippen molar-refractivity contribution in [3.05, 3.63) is 172 Å². The van der Waals surface area contributed by atoms with Gasteiger partial charge in [0.05, 0.1) is 22.1 Å². The number of H-pyrrole nitrogens is 1. The van der Waals surface area contributed by atoms with Crippen LogP contribution in [0.25, 0.3) is 22.5 Å². The van der Waals surface area contributed by atoms with Crippen LogP contribution in [0.2, 0.25) is 10.0 Å². The van der Waals surface area contributed by atoms with Gasteiger partial charge in [0.25, 0.3) is 0 Å². The molecule has 0 aliphatic carbocycles. The molecule has 42 heavy (non-hydrogen) atoms. The summed E-state index contributed by atoms with van der Waals surface area (Å²) < 4.78 is 0. The standard InChI is InChI=1S/C36H24Cl2N4/c37-28-21-22-29(30(38)23-28)32-31(24-13-5-1-6-14-24)39-34(40-32)35-41-33(25-15-7-2-8-16-25)36(42-35,26-17-9-3-10-18-26)27-19-11-4-12-20-27/h1-23H,(H,39,40). The molecule has 0 spiro atoms. The van der Waals surface area contributed by atoms with E-state index >= 15 is 0 Å². The highest BCUT2D eigenvalue weighted by molar-refractivity contribution is 6.36. The van der Waals surface area contributed by atoms with Crippen molar-refractivity contribution in [1.29, 1.82) is 0 Å². The summed E-state index contributed by atoms with van der Waals surface area (Å²) in [6, 6.07) is 46.3. The summed E-state index contributed by atoms with van der Waals surface area (Å²) in [6.07, 6.45) is 0. The van der Waals surface area contributed by atoms with Crippen molar-refractivity contribution in [3.8, 4) is 22.5 Å². The molecule has 0 bridgehead atoms. The molecule has 1 N–H and O–H groups in total. The van der Waals surface area contributed by atoms with Gasteiger partial charge in [0.1, 0.15) is 0 Å². The van der Waals surface area contributed by atoms with Gasteiger partial charge in [-0.3, -0.25) is 0 Å². The van der Waals surface area contributed by atoms with Crippen LogP contribution >= 0.6 is 23.2 Å². The number of amidine groups is 1. The van der Waals surface area contributed by atoms with Gasteiger partial charge in [-0.05, 0) is 34.9 Å². The number of nitrogens with zero attached hydrogens (tertiary/aromatic N) is 3. The van der Waals surface area contributed by atoms with Crippen LogP contribution in [-0.2, 0) is 5.54 Å². The average Bonchev–Trinajstić information content (AvgIpc) is 3.67. The SMILES string of the molecule is Clc1ccc(-c2[nH]c(C3=NC(c4ccccc4)(c4ccccc4)C(c4ccccc4)=N3)nc2-c2ccccc2)c(Cl)c1. The Morgan fingerprint density at radius 3 is 1.71 bits per heavy atom. The molecule has 1 aliphatic rings. The van der Waals surface area contributed by atoms with E-state index in [0.717, 1.165) is 44.9 Å². The van der Waals surface area contributed by atoms with Crippen LogP contribution in [0.4, 0.5) is 0 Å². The highest BCUT2D eigenvalue weighted by Gasteiger charge is 2.45. The van der Waals surface area contributed by atoms with E-state index in [1.165, 1.54) is 0 Å². The van der Waals surface area contributed by atoms with Crippen molar-refractivity contribution in [2.45, 2.75) is 5.54 Å². The number of benzene rings is 5. The third-order valence-electron chi connectivity index (χ3n) is 7.43. The summed E-state index contributed by atoms with van der Waals surface area (Å²) >= 11 is 13.0. The van der Waals surface area contributed by atoms with Gasteiger partial charge < -0.3 is 4.98 Å². The number of imidazole rings is 1. The highest BCUT2D eigenvalue weighted by Crippen LogP contribution is 2.43. The van der Waals surface area contributed by atoms with E-state index in [2.05, 4.69) is 41.4 Å². The van der Waals surface area contributed by atoms with E-state index in [1.54, 1.807) is 6.07 Å². The van der Waals surface area contributed by atoms with Gasteiger partial charge in [-0.25, -0.2) is 15.0 Å². The predicted octanol–water partition coefficient (Wildman–Crippen LogP) is 9.24. The lowest BCUT2D eigenvalue weighted by Gasteiger charge is -2.29. The summed E-state index contributed by atoms with van der Waals surface area (Å²) in [6.45, 7) is 0. The largest absolute Gasteiger partial charge is 0.335 e. The van der Waals surface area contributed by atoms with E-state index in [-0.39, 0.29) is 0 Å². The second-order valence-corrected chi connectivity index (χ2v) is 10.8. The number of aromatic nitrogens is 2. The Balaban J connectivity index is 1.50. The minimum atomic E-state index is -0.878. The van der Waals surface area contributed by atoms with Crippen LogP contribution in [0.5, 0.6) is 0 Å². The second kappa shape index (κ2) is 10.9. The first-order chi connectivity index (χ1) is 20.6. The number of hydrogen-bond acceptors (Lipinski definition) is 3. The molecule has 0 atom stereocenters. The minimum Gasteiger partial charge on any atom is -0.335 e. The molecular formula is C36H24Cl2N4. The number of halogens is 2. The Bertz CT molecular complexity index is 1890. The van der Waals surface area contributed by atoms with Crippen molar-refractivity contribution < 1.29 is 0 Å². The topological polar surface area (TPSA) is 53.4 Å². The third-order valence-corrected chi connectivity index (χ3v) is 7.98. The van der Waals surface area contributed by atoms with Crippen molar-refractivity contribution in [3.63, 3.8) is 0 Å². The molecule has 7 rings (SSSR count). The minimum absolute atomic E-state index is 0.509. The molecule has 0 saturated carbocycles. The number of aromatic amines is 1. The summed E-state index contributed by atoms with van der Waals surface area (Å²) in [5.74, 6) is 1.06. The molecule has 2 heterocycles. The smallest absolute Gasteiger partial charge is 0.193 e. The Morgan fingerprint density at radius 1 is 0.595 bits per heavy atom. The van der Waals surface area contributed by atoms with Gasteiger partial charge in [0, 0.05) is 16.1 Å². The quantitative estimate of drug-likeness (QED) is 0.209. The van der Waals surface area contributed by atoms with E-state index < -0.39 is 5.54 Å². The lowest BCUT2D eigenvalue weighted by Crippen LogP contribution is -2.33. The molecule has 1 aromatic heterocycles. The second-order valence-electron chi connectivity index (χ2n) is 10.0. The molecule has 0 unspecified atom stereocenters. The first kappa shape index (κ1) is 26.1. The van der Waals surface area contributed by atoms with Crippen molar-refractivity contribution in [1.82, 2.24) is 9.97 Å². The third kappa shape index (κ3) is 4.55. The fraction of sp³-hybridized carbons (Fsp3) is 0.0278. The molecule has 4 nitrogen and oxygen atoms in total. The van der Waals surface area contributed by atoms with Gasteiger partial charge in [-0.1, -0.05) is 145 Å². The Hall–Kier alpha value is -4.77. The first-order valence-corrected chi connectivity index (χ1v) is 14.4. The zero-order valence-electron chi connectivity index (χ0n) is 22.4. The summed E-state index contributed by atoms with van der Waals surface area (Å²) in [4.78, 5) is 19.3. The van der Waals surface area contributed by atoms with Crippen molar-refractivity contribution >= 4 is 34.7 Å². The Morgan fingerprint density at radius 2 is 1.14 bits per heavy atom. The maximum Gasteiger partial charge on any atom is 0.193 e. The summed E-state index contributed by atoms with van der Waals surface area (Å²) in [7, 11) is 0. The van der Waals surface area contributed by atoms with Crippen LogP contribution in [0.1, 0.15) is 22.5 Å². The number of nitrogens with one attached hydrogen (secondary N) is 1. The molecule has 0 saturated heterocycles. The molecule has 0 fully saturated rings. The molecule has 6 aromatic rings. The first-order valence-electron chi connectivity index (χ1n) is 13.6. The van der Waals surface area contributed by atoms with Gasteiger partial charge in [0.2, 0.25) is 0 Å². The van der Waals surface area contributed by atoms with E-state index in [4.69, 9.17) is 38.2 Å². The van der Waals surface area contributed by atoms with Crippen molar-refractivity contribution in [2.75, 3.05) is 0 Å². The van der Waals surface area contributed by atoms with Crippen LogP contribution in [0.15, 0.2) is 150 Å². The Kier molecular flexibility index (Phi) is 6.79. The van der Waals surface area contributed by atoms with Gasteiger partial charge in [-0.15, -0.1) is 0 Å². The van der Waals surface area contributed by atoms with Gasteiger partial charge in [-0.2, -0.15) is 0 Å². The molecule has 6 heteroatoms. The zero-order chi connectivity index (χ0) is 28.5. The van der Waals surface area contributed by atoms with Crippen LogP contribution in [0, 0.1) is 0 Å². The van der Waals surface area contributed by atoms with E-state index in [0.29, 0.717) is 21.7 Å². The predicted molar refractivity (Wildman–Crippen MR) is 173 cm³/mol. The fourth-order valence-electron chi connectivity index (χ4n) is 5.50. The Labute approximate surface area is 254 Å². The maximum absolute atomic E-state index is 6.71. The van der Waals surface area contributed by atoms with Crippen LogP contribution in [-0.4, -0.2) is 21.5 Å². The lowest BCUT2D eigenvalue weighted by molar-refractivity contribution is 0.747. The monoisotopic (exact) mass is 582 g/mol. The van der Waals surface area contributed by atoms with E-state index in [9.17, 15) is 0 Å². The molecule has 0 amide bonds. The van der Waals surface area contributed by atoms with Crippen molar-refractivity contribution in [2.24, 2.45) is 9.98 Å². The van der Waals surface area contributed by atoms with Gasteiger partial charge >= 0.3 is 0 Å². The lowest BCUT2D eigenvalue weighted by atomic mass is 9.77. The number of aliphatic imine (C=N–C) groups is 2. The van der Waals surface area contributed by atoms with Crippen LogP contribution in [0.3, 0.4) is 0 Å². The molecular weight excluding hydrogens is 559 g/mol. The number of rotatable bonds is 6. The van der Waals surface area contributed by atoms with Crippen LogP contribution < -0.4 is 0 Å². The molecule has 5 aromatic carbocycles. The average molecular weight is 584 g/mol. The zero-order valence-corrected chi connectivity index (χ0v) is 23.9. The molecule has 0 radical (unpaired) electrons. The molecule has 1 aliphatic heterocycles. The summed E-state index contributed by atoms with van der Waals surface area (Å²) in [5.41, 5.74) is 6.25. The number of hydrogen-bond donors (Lipinski definition) is 1. The fourth-order valence-corrected chi connectivity index (χ4v) is 6.00. The summed E-state index contributed by atoms with van der Waals surface area (Å²) in [5, 5.41) is 1.09. The van der Waals surface area contributed by atoms with E-state index in [1.807, 2.05) is 97.1 Å². The van der Waals surface area contributed by atoms with Gasteiger partial charge in [0.15, 0.2) is 17.2 Å². The highest BCUT2D eigenvalue weighted by atomic mass is 35.5. The molecule has 202 valence electrons.